The van der Waals surface area contributed by atoms with Gasteiger partial charge < -0.3 is 24.0 Å². The van der Waals surface area contributed by atoms with Crippen LogP contribution in [0, 0.1) is 0 Å². The van der Waals surface area contributed by atoms with Crippen LogP contribution in [0.15, 0.2) is 18.2 Å². The lowest BCUT2D eigenvalue weighted by atomic mass is 10.1. The molecule has 0 N–H and O–H groups in total. The predicted molar refractivity (Wildman–Crippen MR) is 102 cm³/mol. The van der Waals surface area contributed by atoms with Crippen molar-refractivity contribution >= 4 is 12.0 Å². The van der Waals surface area contributed by atoms with Gasteiger partial charge in [-0.1, -0.05) is 0 Å². The first kappa shape index (κ1) is 20.9. The number of benzene rings is 1. The number of carbonyl (C=O) groups is 2. The van der Waals surface area contributed by atoms with Gasteiger partial charge in [-0.15, -0.1) is 0 Å². The molecule has 0 aliphatic heterocycles. The van der Waals surface area contributed by atoms with Gasteiger partial charge >= 0.3 is 6.09 Å². The Labute approximate surface area is 161 Å². The maximum absolute atomic E-state index is 12.9. The molecule has 1 aliphatic carbocycles. The monoisotopic (exact) mass is 378 g/mol. The van der Waals surface area contributed by atoms with E-state index in [0.29, 0.717) is 18.0 Å². The molecule has 0 heterocycles. The fourth-order valence-corrected chi connectivity index (χ4v) is 2.69. The molecule has 0 unspecified atom stereocenters. The summed E-state index contributed by atoms with van der Waals surface area (Å²) < 4.78 is 16.0. The Kier molecular flexibility index (Phi) is 6.57. The number of likely N-dealkylation sites (N-methyl/N-ethyl adjacent to an activating group) is 1. The van der Waals surface area contributed by atoms with Gasteiger partial charge in [0.05, 0.1) is 14.2 Å². The van der Waals surface area contributed by atoms with Gasteiger partial charge in [0, 0.05) is 25.2 Å². The smallest absolute Gasteiger partial charge is 0.410 e. The Morgan fingerprint density at radius 2 is 1.81 bits per heavy atom. The predicted octanol–water partition coefficient (Wildman–Crippen LogP) is 3.06. The fraction of sp³-hybridized carbons (Fsp3) is 0.600. The van der Waals surface area contributed by atoms with Crippen molar-refractivity contribution < 1.29 is 23.8 Å². The molecule has 0 spiro atoms. The van der Waals surface area contributed by atoms with Crippen LogP contribution >= 0.6 is 0 Å². The standard InChI is InChI=1S/C20H30N2O5/c1-20(2,3)27-19(24)21(4)13-18(23)22(15-7-8-15)12-14-11-16(25-5)9-10-17(14)26-6/h9-11,15H,7-8,12-13H2,1-6H3. The first-order valence-electron chi connectivity index (χ1n) is 9.09. The van der Waals surface area contributed by atoms with Gasteiger partial charge in [-0.05, 0) is 51.8 Å². The Morgan fingerprint density at radius 3 is 2.33 bits per heavy atom. The van der Waals surface area contributed by atoms with Crippen molar-refractivity contribution in [1.82, 2.24) is 9.80 Å². The van der Waals surface area contributed by atoms with Crippen molar-refractivity contribution in [1.29, 1.82) is 0 Å². The highest BCUT2D eigenvalue weighted by Gasteiger charge is 2.34. The molecule has 0 saturated heterocycles. The Hall–Kier alpha value is -2.44. The molecule has 150 valence electrons. The number of ether oxygens (including phenoxy) is 3. The second-order valence-corrected chi connectivity index (χ2v) is 7.77. The van der Waals surface area contributed by atoms with E-state index in [4.69, 9.17) is 14.2 Å². The molecule has 7 heteroatoms. The zero-order valence-electron chi connectivity index (χ0n) is 17.1. The van der Waals surface area contributed by atoms with E-state index >= 15 is 0 Å². The van der Waals surface area contributed by atoms with Gasteiger partial charge in [0.2, 0.25) is 5.91 Å². The molecule has 1 aliphatic rings. The number of hydrogen-bond donors (Lipinski definition) is 0. The van der Waals surface area contributed by atoms with Crippen LogP contribution in [-0.2, 0) is 16.1 Å². The first-order chi connectivity index (χ1) is 12.6. The number of carbonyl (C=O) groups excluding carboxylic acids is 2. The number of nitrogens with zero attached hydrogens (tertiary/aromatic N) is 2. The maximum Gasteiger partial charge on any atom is 0.410 e. The minimum absolute atomic E-state index is 0.0301. The fourth-order valence-electron chi connectivity index (χ4n) is 2.69. The number of rotatable bonds is 7. The molecule has 0 aromatic heterocycles. The molecule has 2 amide bonds. The lowest BCUT2D eigenvalue weighted by Gasteiger charge is -2.28. The number of amides is 2. The van der Waals surface area contributed by atoms with Crippen molar-refractivity contribution in [2.75, 3.05) is 27.8 Å². The van der Waals surface area contributed by atoms with Gasteiger partial charge in [0.1, 0.15) is 23.6 Å². The summed E-state index contributed by atoms with van der Waals surface area (Å²) in [7, 11) is 4.78. The normalized spacial score (nSPS) is 13.7. The van der Waals surface area contributed by atoms with E-state index in [1.54, 1.807) is 46.9 Å². The second-order valence-electron chi connectivity index (χ2n) is 7.77. The van der Waals surface area contributed by atoms with E-state index in [-0.39, 0.29) is 18.5 Å². The molecule has 2 rings (SSSR count). The summed E-state index contributed by atoms with van der Waals surface area (Å²) in [5.74, 6) is 1.30. The van der Waals surface area contributed by atoms with Crippen molar-refractivity contribution in [2.24, 2.45) is 0 Å². The summed E-state index contributed by atoms with van der Waals surface area (Å²) in [5, 5.41) is 0. The van der Waals surface area contributed by atoms with E-state index in [9.17, 15) is 9.59 Å². The Bertz CT molecular complexity index is 679. The topological polar surface area (TPSA) is 68.3 Å². The molecule has 7 nitrogen and oxygen atoms in total. The molecule has 1 saturated carbocycles. The third kappa shape index (κ3) is 6.05. The Morgan fingerprint density at radius 1 is 1.15 bits per heavy atom. The summed E-state index contributed by atoms with van der Waals surface area (Å²) >= 11 is 0. The van der Waals surface area contributed by atoms with Crippen LogP contribution in [0.25, 0.3) is 0 Å². The zero-order chi connectivity index (χ0) is 20.2. The summed E-state index contributed by atoms with van der Waals surface area (Å²) in [4.78, 5) is 28.1. The molecule has 1 aromatic rings. The lowest BCUT2D eigenvalue weighted by molar-refractivity contribution is -0.133. The summed E-state index contributed by atoms with van der Waals surface area (Å²) in [5.41, 5.74) is 0.274. The quantitative estimate of drug-likeness (QED) is 0.729. The molecule has 27 heavy (non-hydrogen) atoms. The van der Waals surface area contributed by atoms with E-state index < -0.39 is 11.7 Å². The van der Waals surface area contributed by atoms with Crippen molar-refractivity contribution in [3.63, 3.8) is 0 Å². The van der Waals surface area contributed by atoms with Crippen molar-refractivity contribution in [3.8, 4) is 11.5 Å². The van der Waals surface area contributed by atoms with Crippen LogP contribution < -0.4 is 9.47 Å². The Balaban J connectivity index is 2.09. The highest BCUT2D eigenvalue weighted by molar-refractivity contribution is 5.82. The van der Waals surface area contributed by atoms with E-state index in [1.807, 2.05) is 18.2 Å². The molecule has 0 atom stereocenters. The van der Waals surface area contributed by atoms with Crippen LogP contribution in [0.4, 0.5) is 4.79 Å². The zero-order valence-corrected chi connectivity index (χ0v) is 17.1. The summed E-state index contributed by atoms with van der Waals surface area (Å²) in [6, 6.07) is 5.72. The third-order valence-electron chi connectivity index (χ3n) is 4.21. The summed E-state index contributed by atoms with van der Waals surface area (Å²) in [6.45, 7) is 5.77. The van der Waals surface area contributed by atoms with Crippen LogP contribution in [0.1, 0.15) is 39.2 Å². The van der Waals surface area contributed by atoms with Gasteiger partial charge in [0.15, 0.2) is 0 Å². The highest BCUT2D eigenvalue weighted by Crippen LogP contribution is 2.32. The minimum atomic E-state index is -0.599. The van der Waals surface area contributed by atoms with Crippen LogP contribution in [0.5, 0.6) is 11.5 Å². The maximum atomic E-state index is 12.9. The highest BCUT2D eigenvalue weighted by atomic mass is 16.6. The minimum Gasteiger partial charge on any atom is -0.497 e. The average Bonchev–Trinajstić information content (AvgIpc) is 3.42. The van der Waals surface area contributed by atoms with Gasteiger partial charge in [-0.3, -0.25) is 4.79 Å². The van der Waals surface area contributed by atoms with Gasteiger partial charge in [0.25, 0.3) is 0 Å². The molecular weight excluding hydrogens is 348 g/mol. The molecular formula is C20H30N2O5. The van der Waals surface area contributed by atoms with Crippen LogP contribution in [-0.4, -0.2) is 61.3 Å². The van der Waals surface area contributed by atoms with Gasteiger partial charge in [-0.25, -0.2) is 4.79 Å². The molecule has 0 bridgehead atoms. The van der Waals surface area contributed by atoms with Gasteiger partial charge in [-0.2, -0.15) is 0 Å². The number of methoxy groups -OCH3 is 2. The van der Waals surface area contributed by atoms with E-state index in [0.717, 1.165) is 18.4 Å². The van der Waals surface area contributed by atoms with Crippen molar-refractivity contribution in [2.45, 2.75) is 51.8 Å². The lowest BCUT2D eigenvalue weighted by Crippen LogP contribution is -2.43. The van der Waals surface area contributed by atoms with Crippen molar-refractivity contribution in [3.05, 3.63) is 23.8 Å². The summed E-state index contributed by atoms with van der Waals surface area (Å²) in [6.07, 6.45) is 1.42. The third-order valence-corrected chi connectivity index (χ3v) is 4.21. The largest absolute Gasteiger partial charge is 0.497 e. The van der Waals surface area contributed by atoms with Crippen LogP contribution in [0.3, 0.4) is 0 Å². The number of hydrogen-bond acceptors (Lipinski definition) is 5. The van der Waals surface area contributed by atoms with E-state index in [1.165, 1.54) is 4.90 Å². The molecule has 1 aromatic carbocycles. The molecule has 0 radical (unpaired) electrons. The first-order valence-corrected chi connectivity index (χ1v) is 9.09. The average molecular weight is 378 g/mol. The van der Waals surface area contributed by atoms with Crippen LogP contribution in [0.2, 0.25) is 0 Å². The second kappa shape index (κ2) is 8.50. The SMILES string of the molecule is COc1ccc(OC)c(CN(C(=O)CN(C)C(=O)OC(C)(C)C)C2CC2)c1. The van der Waals surface area contributed by atoms with E-state index in [2.05, 4.69) is 0 Å². The molecule has 1 fully saturated rings.